The first-order chi connectivity index (χ1) is 7.81. The van der Waals surface area contributed by atoms with Gasteiger partial charge in [0.1, 0.15) is 5.60 Å². The van der Waals surface area contributed by atoms with Crippen molar-refractivity contribution in [3.63, 3.8) is 0 Å². The molecule has 96 valence electrons. The highest BCUT2D eigenvalue weighted by atomic mass is 16.6. The molecule has 0 spiro atoms. The third-order valence-electron chi connectivity index (χ3n) is 2.68. The van der Waals surface area contributed by atoms with Crippen molar-refractivity contribution in [2.75, 3.05) is 20.1 Å². The highest BCUT2D eigenvalue weighted by Gasteiger charge is 2.30. The van der Waals surface area contributed by atoms with Crippen LogP contribution in [0, 0.1) is 17.2 Å². The number of hydrogen-bond donors (Lipinski definition) is 1. The Kier molecular flexibility index (Phi) is 4.35. The second-order valence-electron chi connectivity index (χ2n) is 5.54. The number of carbonyl (C=O) groups excluding carboxylic acids is 1. The molecule has 1 heterocycles. The fourth-order valence-electron chi connectivity index (χ4n) is 1.87. The SMILES string of the molecule is CN1CC[C@H](C#N)[C@H](NC(=O)OC(C)(C)C)C1. The number of ether oxygens (including phenoxy) is 1. The molecule has 1 fully saturated rings. The maximum atomic E-state index is 11.6. The zero-order valence-electron chi connectivity index (χ0n) is 11.0. The molecule has 0 aromatic rings. The van der Waals surface area contributed by atoms with Gasteiger partial charge in [0, 0.05) is 6.54 Å². The zero-order chi connectivity index (χ0) is 13.1. The van der Waals surface area contributed by atoms with Gasteiger partial charge in [-0.3, -0.25) is 0 Å². The summed E-state index contributed by atoms with van der Waals surface area (Å²) in [6.07, 6.45) is 0.339. The van der Waals surface area contributed by atoms with E-state index < -0.39 is 11.7 Å². The van der Waals surface area contributed by atoms with Crippen LogP contribution in [0.2, 0.25) is 0 Å². The second-order valence-corrected chi connectivity index (χ2v) is 5.54. The molecule has 1 N–H and O–H groups in total. The first-order valence-corrected chi connectivity index (χ1v) is 5.89. The Bertz CT molecular complexity index is 317. The largest absolute Gasteiger partial charge is 0.444 e. The first-order valence-electron chi connectivity index (χ1n) is 5.89. The van der Waals surface area contributed by atoms with Crippen molar-refractivity contribution in [2.24, 2.45) is 5.92 Å². The Balaban J connectivity index is 2.53. The number of piperidine rings is 1. The van der Waals surface area contributed by atoms with E-state index in [1.54, 1.807) is 0 Å². The van der Waals surface area contributed by atoms with Crippen molar-refractivity contribution >= 4 is 6.09 Å². The lowest BCUT2D eigenvalue weighted by Gasteiger charge is -2.34. The van der Waals surface area contributed by atoms with Gasteiger partial charge in [0.2, 0.25) is 0 Å². The Morgan fingerprint density at radius 2 is 2.18 bits per heavy atom. The van der Waals surface area contributed by atoms with Crippen LogP contribution < -0.4 is 5.32 Å². The molecule has 1 saturated heterocycles. The molecular weight excluding hydrogens is 218 g/mol. The van der Waals surface area contributed by atoms with Gasteiger partial charge in [0.25, 0.3) is 0 Å². The van der Waals surface area contributed by atoms with Crippen LogP contribution in [0.3, 0.4) is 0 Å². The number of likely N-dealkylation sites (N-methyl/N-ethyl adjacent to an activating group) is 1. The van der Waals surface area contributed by atoms with E-state index in [1.165, 1.54) is 0 Å². The molecule has 1 aliphatic rings. The van der Waals surface area contributed by atoms with Gasteiger partial charge in [0.15, 0.2) is 0 Å². The van der Waals surface area contributed by atoms with E-state index in [0.717, 1.165) is 13.0 Å². The predicted octanol–water partition coefficient (Wildman–Crippen LogP) is 1.35. The third kappa shape index (κ3) is 4.61. The lowest BCUT2D eigenvalue weighted by atomic mass is 9.93. The molecule has 0 bridgehead atoms. The van der Waals surface area contributed by atoms with Gasteiger partial charge in [-0.15, -0.1) is 0 Å². The molecule has 0 aromatic carbocycles. The second kappa shape index (κ2) is 5.37. The van der Waals surface area contributed by atoms with Crippen LogP contribution in [-0.2, 0) is 4.74 Å². The highest BCUT2D eigenvalue weighted by molar-refractivity contribution is 5.68. The topological polar surface area (TPSA) is 65.4 Å². The molecule has 1 aliphatic heterocycles. The quantitative estimate of drug-likeness (QED) is 0.750. The van der Waals surface area contributed by atoms with Gasteiger partial charge in [-0.2, -0.15) is 5.26 Å². The number of nitrogens with zero attached hydrogens (tertiary/aromatic N) is 2. The van der Waals surface area contributed by atoms with Crippen molar-refractivity contribution < 1.29 is 9.53 Å². The van der Waals surface area contributed by atoms with E-state index in [2.05, 4.69) is 16.3 Å². The summed E-state index contributed by atoms with van der Waals surface area (Å²) in [7, 11) is 1.98. The van der Waals surface area contributed by atoms with Crippen molar-refractivity contribution in [3.05, 3.63) is 0 Å². The Morgan fingerprint density at radius 3 is 2.71 bits per heavy atom. The number of hydrogen-bond acceptors (Lipinski definition) is 4. The standard InChI is InChI=1S/C12H21N3O2/c1-12(2,3)17-11(16)14-10-8-15(4)6-5-9(10)7-13/h9-10H,5-6,8H2,1-4H3,(H,14,16)/t9-,10-/m1/s1. The summed E-state index contributed by atoms with van der Waals surface area (Å²) in [6.45, 7) is 7.05. The van der Waals surface area contributed by atoms with E-state index in [4.69, 9.17) is 10.00 Å². The Labute approximate surface area is 103 Å². The van der Waals surface area contributed by atoms with Gasteiger partial charge < -0.3 is 15.0 Å². The maximum absolute atomic E-state index is 11.6. The van der Waals surface area contributed by atoms with Crippen molar-refractivity contribution in [1.29, 1.82) is 5.26 Å². The van der Waals surface area contributed by atoms with Crippen LogP contribution in [-0.4, -0.2) is 42.8 Å². The number of nitriles is 1. The van der Waals surface area contributed by atoms with Gasteiger partial charge in [-0.05, 0) is 40.8 Å². The minimum Gasteiger partial charge on any atom is -0.444 e. The molecule has 1 amide bonds. The number of likely N-dealkylation sites (tertiary alicyclic amines) is 1. The molecule has 0 aromatic heterocycles. The van der Waals surface area contributed by atoms with Crippen LogP contribution >= 0.6 is 0 Å². The molecular formula is C12H21N3O2. The average molecular weight is 239 g/mol. The van der Waals surface area contributed by atoms with Gasteiger partial charge in [-0.25, -0.2) is 4.79 Å². The first kappa shape index (κ1) is 13.8. The average Bonchev–Trinajstić information content (AvgIpc) is 2.14. The molecule has 0 saturated carbocycles. The summed E-state index contributed by atoms with van der Waals surface area (Å²) in [4.78, 5) is 13.7. The van der Waals surface area contributed by atoms with E-state index >= 15 is 0 Å². The van der Waals surface area contributed by atoms with Crippen LogP contribution in [0.5, 0.6) is 0 Å². The number of amides is 1. The molecule has 2 atom stereocenters. The van der Waals surface area contributed by atoms with Crippen molar-refractivity contribution in [2.45, 2.75) is 38.8 Å². The fourth-order valence-corrected chi connectivity index (χ4v) is 1.87. The minimum absolute atomic E-state index is 0.126. The Morgan fingerprint density at radius 1 is 1.53 bits per heavy atom. The lowest BCUT2D eigenvalue weighted by molar-refractivity contribution is 0.0461. The summed E-state index contributed by atoms with van der Waals surface area (Å²) >= 11 is 0. The molecule has 1 rings (SSSR count). The minimum atomic E-state index is -0.507. The summed E-state index contributed by atoms with van der Waals surface area (Å²) in [5, 5.41) is 11.8. The molecule has 0 unspecified atom stereocenters. The highest BCUT2D eigenvalue weighted by Crippen LogP contribution is 2.16. The summed E-state index contributed by atoms with van der Waals surface area (Å²) in [6, 6.07) is 2.10. The van der Waals surface area contributed by atoms with Gasteiger partial charge in [0.05, 0.1) is 18.0 Å². The molecule has 17 heavy (non-hydrogen) atoms. The normalized spacial score (nSPS) is 26.1. The summed E-state index contributed by atoms with van der Waals surface area (Å²) < 4.78 is 5.19. The Hall–Kier alpha value is -1.28. The van der Waals surface area contributed by atoms with Crippen molar-refractivity contribution in [3.8, 4) is 6.07 Å². The summed E-state index contributed by atoms with van der Waals surface area (Å²) in [5.74, 6) is -0.126. The van der Waals surface area contributed by atoms with Crippen LogP contribution in [0.4, 0.5) is 4.79 Å². The van der Waals surface area contributed by atoms with E-state index in [0.29, 0.717) is 6.54 Å². The molecule has 5 heteroatoms. The van der Waals surface area contributed by atoms with E-state index in [-0.39, 0.29) is 12.0 Å². The zero-order valence-corrected chi connectivity index (χ0v) is 11.0. The monoisotopic (exact) mass is 239 g/mol. The fraction of sp³-hybridized carbons (Fsp3) is 0.833. The number of alkyl carbamates (subject to hydrolysis) is 1. The molecule has 0 radical (unpaired) electrons. The van der Waals surface area contributed by atoms with E-state index in [1.807, 2.05) is 27.8 Å². The predicted molar refractivity (Wildman–Crippen MR) is 64.4 cm³/mol. The summed E-state index contributed by atoms with van der Waals surface area (Å²) in [5.41, 5.74) is -0.507. The van der Waals surface area contributed by atoms with E-state index in [9.17, 15) is 4.79 Å². The number of nitrogens with one attached hydrogen (secondary N) is 1. The number of carbonyl (C=O) groups is 1. The maximum Gasteiger partial charge on any atom is 0.407 e. The van der Waals surface area contributed by atoms with Crippen molar-refractivity contribution in [1.82, 2.24) is 10.2 Å². The van der Waals surface area contributed by atoms with Crippen LogP contribution in [0.25, 0.3) is 0 Å². The molecule has 5 nitrogen and oxygen atoms in total. The smallest absolute Gasteiger partial charge is 0.407 e. The van der Waals surface area contributed by atoms with Gasteiger partial charge in [-0.1, -0.05) is 0 Å². The van der Waals surface area contributed by atoms with Crippen LogP contribution in [0.1, 0.15) is 27.2 Å². The van der Waals surface area contributed by atoms with Gasteiger partial charge >= 0.3 is 6.09 Å². The lowest BCUT2D eigenvalue weighted by Crippen LogP contribution is -2.52. The van der Waals surface area contributed by atoms with Crippen LogP contribution in [0.15, 0.2) is 0 Å². The molecule has 0 aliphatic carbocycles. The third-order valence-corrected chi connectivity index (χ3v) is 2.68. The number of rotatable bonds is 1.